The molecule has 2 heterocycles. The Morgan fingerprint density at radius 3 is 1.38 bits per heavy atom. The van der Waals surface area contributed by atoms with Crippen LogP contribution in [0.1, 0.15) is 22.3 Å². The van der Waals surface area contributed by atoms with Gasteiger partial charge in [-0.1, -0.05) is 103 Å². The monoisotopic (exact) mass is 812 g/mol. The van der Waals surface area contributed by atoms with Gasteiger partial charge in [-0.2, -0.15) is 21.0 Å². The summed E-state index contributed by atoms with van der Waals surface area (Å²) in [7, 11) is 0. The molecule has 0 radical (unpaired) electrons. The highest BCUT2D eigenvalue weighted by atomic mass is 15.0. The van der Waals surface area contributed by atoms with Crippen molar-refractivity contribution >= 4 is 43.6 Å². The Labute approximate surface area is 368 Å². The highest BCUT2D eigenvalue weighted by Gasteiger charge is 2.20. The number of nitriles is 4. The number of para-hydroxylation sites is 3. The summed E-state index contributed by atoms with van der Waals surface area (Å²) in [4.78, 5) is 0. The van der Waals surface area contributed by atoms with Crippen LogP contribution in [0.2, 0.25) is 0 Å². The third kappa shape index (κ3) is 6.16. The van der Waals surface area contributed by atoms with Gasteiger partial charge in [0.2, 0.25) is 0 Å². The molecular weight excluding hydrogens is 781 g/mol. The fraction of sp³-hybridized carbons (Fsp3) is 0. The molecule has 0 fully saturated rings. The lowest BCUT2D eigenvalue weighted by Crippen LogP contribution is -1.98. The molecule has 0 aliphatic rings. The molecule has 11 aromatic rings. The van der Waals surface area contributed by atoms with E-state index in [0.29, 0.717) is 22.3 Å². The third-order valence-corrected chi connectivity index (χ3v) is 12.2. The van der Waals surface area contributed by atoms with E-state index in [1.54, 1.807) is 12.1 Å². The van der Waals surface area contributed by atoms with Gasteiger partial charge in [-0.3, -0.25) is 0 Å². The average Bonchev–Trinajstić information content (AvgIpc) is 3.87. The van der Waals surface area contributed by atoms with E-state index in [2.05, 4.69) is 149 Å². The zero-order valence-corrected chi connectivity index (χ0v) is 34.2. The van der Waals surface area contributed by atoms with Crippen LogP contribution in [0.3, 0.4) is 0 Å². The largest absolute Gasteiger partial charge is 0.309 e. The summed E-state index contributed by atoms with van der Waals surface area (Å²) in [6.07, 6.45) is 0. The number of nitrogens with zero attached hydrogens (tertiary/aromatic N) is 6. The highest BCUT2D eigenvalue weighted by Crippen LogP contribution is 2.42. The van der Waals surface area contributed by atoms with Gasteiger partial charge in [0.15, 0.2) is 0 Å². The quantitative estimate of drug-likeness (QED) is 0.167. The predicted molar refractivity (Wildman–Crippen MR) is 256 cm³/mol. The Morgan fingerprint density at radius 2 is 0.734 bits per heavy atom. The molecular formula is C58H32N6. The standard InChI is InChI=1S/C58H32N6/c59-33-37-24-38(34-60)27-44(26-37)48-13-5-4-12-47(48)43-20-23-57-53(31-43)52-30-41(42-18-21-51-50-15-7-9-17-55(50)63(58(51)32-42)46-10-2-1-3-11-46)19-22-56(52)64(57)54-16-8-6-14-49(54)45-28-39(35-61)25-40(29-45)36-62/h1-32H. The van der Waals surface area contributed by atoms with Gasteiger partial charge in [0.05, 0.1) is 74.3 Å². The lowest BCUT2D eigenvalue weighted by molar-refractivity contribution is 1.18. The van der Waals surface area contributed by atoms with E-state index in [0.717, 1.165) is 88.7 Å². The Morgan fingerprint density at radius 1 is 0.281 bits per heavy atom. The summed E-state index contributed by atoms with van der Waals surface area (Å²) >= 11 is 0. The van der Waals surface area contributed by atoms with Crippen LogP contribution in [0.25, 0.3) is 99.5 Å². The van der Waals surface area contributed by atoms with E-state index in [9.17, 15) is 21.0 Å². The molecule has 2 aromatic heterocycles. The van der Waals surface area contributed by atoms with Gasteiger partial charge in [-0.15, -0.1) is 0 Å². The van der Waals surface area contributed by atoms with Crippen molar-refractivity contribution in [2.75, 3.05) is 0 Å². The lowest BCUT2D eigenvalue weighted by atomic mass is 9.92. The minimum absolute atomic E-state index is 0.421. The normalized spacial score (nSPS) is 11.1. The van der Waals surface area contributed by atoms with Crippen molar-refractivity contribution in [3.63, 3.8) is 0 Å². The minimum Gasteiger partial charge on any atom is -0.309 e. The first-order valence-corrected chi connectivity index (χ1v) is 20.8. The maximum Gasteiger partial charge on any atom is 0.0992 e. The summed E-state index contributed by atoms with van der Waals surface area (Å²) in [6.45, 7) is 0. The Balaban J connectivity index is 1.17. The van der Waals surface area contributed by atoms with E-state index in [4.69, 9.17) is 0 Å². The van der Waals surface area contributed by atoms with E-state index in [1.807, 2.05) is 66.7 Å². The van der Waals surface area contributed by atoms with Crippen LogP contribution < -0.4 is 0 Å². The van der Waals surface area contributed by atoms with Crippen LogP contribution in [0.15, 0.2) is 194 Å². The molecule has 64 heavy (non-hydrogen) atoms. The number of hydrogen-bond acceptors (Lipinski definition) is 4. The molecule has 6 heteroatoms. The van der Waals surface area contributed by atoms with Gasteiger partial charge in [-0.25, -0.2) is 0 Å². The molecule has 0 bridgehead atoms. The van der Waals surface area contributed by atoms with Crippen LogP contribution in [0.5, 0.6) is 0 Å². The summed E-state index contributed by atoms with van der Waals surface area (Å²) in [5, 5.41) is 44.0. The van der Waals surface area contributed by atoms with E-state index in [1.165, 1.54) is 10.8 Å². The Bertz CT molecular complexity index is 3830. The molecule has 0 atom stereocenters. The predicted octanol–water partition coefficient (Wildman–Crippen LogP) is 14.0. The van der Waals surface area contributed by atoms with Crippen LogP contribution in [0, 0.1) is 45.3 Å². The molecule has 6 nitrogen and oxygen atoms in total. The lowest BCUT2D eigenvalue weighted by Gasteiger charge is -2.15. The molecule has 0 saturated heterocycles. The first-order valence-electron chi connectivity index (χ1n) is 20.8. The summed E-state index contributed by atoms with van der Waals surface area (Å²) < 4.78 is 4.61. The molecule has 0 saturated carbocycles. The van der Waals surface area contributed by atoms with Crippen molar-refractivity contribution in [1.29, 1.82) is 21.0 Å². The molecule has 294 valence electrons. The summed E-state index contributed by atoms with van der Waals surface area (Å²) in [6, 6.07) is 74.6. The van der Waals surface area contributed by atoms with Crippen molar-refractivity contribution in [2.45, 2.75) is 0 Å². The fourth-order valence-electron chi connectivity index (χ4n) is 9.36. The molecule has 0 N–H and O–H groups in total. The zero-order chi connectivity index (χ0) is 43.3. The second-order valence-corrected chi connectivity index (χ2v) is 15.8. The molecule has 9 aromatic carbocycles. The van der Waals surface area contributed by atoms with E-state index >= 15 is 0 Å². The van der Waals surface area contributed by atoms with Crippen molar-refractivity contribution < 1.29 is 0 Å². The van der Waals surface area contributed by atoms with Gasteiger partial charge in [0, 0.05) is 32.8 Å². The number of fused-ring (bicyclic) bond motifs is 6. The number of benzene rings is 9. The molecule has 0 aliphatic heterocycles. The van der Waals surface area contributed by atoms with Gasteiger partial charge in [-0.05, 0) is 130 Å². The van der Waals surface area contributed by atoms with Gasteiger partial charge < -0.3 is 9.13 Å². The fourth-order valence-corrected chi connectivity index (χ4v) is 9.36. The highest BCUT2D eigenvalue weighted by molar-refractivity contribution is 6.13. The van der Waals surface area contributed by atoms with Gasteiger partial charge >= 0.3 is 0 Å². The minimum atomic E-state index is 0.421. The summed E-state index contributed by atoms with van der Waals surface area (Å²) in [5.74, 6) is 0. The maximum absolute atomic E-state index is 9.92. The zero-order valence-electron chi connectivity index (χ0n) is 34.2. The molecule has 0 amide bonds. The molecule has 11 rings (SSSR count). The van der Waals surface area contributed by atoms with Crippen LogP contribution in [-0.2, 0) is 0 Å². The number of aromatic nitrogens is 2. The van der Waals surface area contributed by atoms with Crippen molar-refractivity contribution in [2.24, 2.45) is 0 Å². The first-order chi connectivity index (χ1) is 31.5. The van der Waals surface area contributed by atoms with Crippen LogP contribution in [-0.4, -0.2) is 9.13 Å². The second kappa shape index (κ2) is 15.2. The smallest absolute Gasteiger partial charge is 0.0992 e. The van der Waals surface area contributed by atoms with Crippen molar-refractivity contribution in [1.82, 2.24) is 9.13 Å². The van der Waals surface area contributed by atoms with Crippen LogP contribution in [0.4, 0.5) is 0 Å². The third-order valence-electron chi connectivity index (χ3n) is 12.2. The van der Waals surface area contributed by atoms with Crippen molar-refractivity contribution in [3.8, 4) is 80.2 Å². The number of hydrogen-bond donors (Lipinski definition) is 0. The summed E-state index contributed by atoms with van der Waals surface area (Å²) in [5.41, 5.74) is 15.4. The van der Waals surface area contributed by atoms with Crippen LogP contribution >= 0.6 is 0 Å². The van der Waals surface area contributed by atoms with E-state index in [-0.39, 0.29) is 0 Å². The van der Waals surface area contributed by atoms with Gasteiger partial charge in [0.25, 0.3) is 0 Å². The first kappa shape index (κ1) is 37.5. The molecule has 0 spiro atoms. The number of rotatable bonds is 6. The second-order valence-electron chi connectivity index (χ2n) is 15.8. The van der Waals surface area contributed by atoms with Gasteiger partial charge in [0.1, 0.15) is 0 Å². The molecule has 0 aliphatic carbocycles. The Kier molecular flexibility index (Phi) is 8.93. The topological polar surface area (TPSA) is 105 Å². The molecule has 0 unspecified atom stereocenters. The van der Waals surface area contributed by atoms with Crippen molar-refractivity contribution in [3.05, 3.63) is 216 Å². The van der Waals surface area contributed by atoms with E-state index < -0.39 is 0 Å². The Hall–Kier alpha value is -9.46. The maximum atomic E-state index is 9.92. The average molecular weight is 813 g/mol. The SMILES string of the molecule is N#Cc1cc(C#N)cc(-c2ccccc2-c2ccc3c(c2)c2cc(-c4ccc5c6ccccc6n(-c6ccccc6)c5c4)ccc2n3-c2ccccc2-c2cc(C#N)cc(C#N)c2)c1.